The van der Waals surface area contributed by atoms with E-state index < -0.39 is 0 Å². The first-order valence-corrected chi connectivity index (χ1v) is 9.38. The van der Waals surface area contributed by atoms with Crippen LogP contribution in [0.15, 0.2) is 29.8 Å². The minimum atomic E-state index is 0.0619. The largest absolute Gasteiger partial charge is 0.357 e. The van der Waals surface area contributed by atoms with E-state index in [1.54, 1.807) is 15.8 Å². The summed E-state index contributed by atoms with van der Waals surface area (Å²) in [4.78, 5) is 21.1. The fourth-order valence-electron chi connectivity index (χ4n) is 3.11. The highest BCUT2D eigenvalue weighted by atomic mass is 16.2. The van der Waals surface area contributed by atoms with Crippen LogP contribution >= 0.6 is 0 Å². The molecule has 0 unspecified atom stereocenters. The summed E-state index contributed by atoms with van der Waals surface area (Å²) >= 11 is 0. The van der Waals surface area contributed by atoms with Crippen LogP contribution in [0.1, 0.15) is 18.9 Å². The zero-order chi connectivity index (χ0) is 19.2. The van der Waals surface area contributed by atoms with Gasteiger partial charge in [0, 0.05) is 52.2 Å². The third kappa shape index (κ3) is 4.87. The molecule has 1 amide bonds. The van der Waals surface area contributed by atoms with Crippen molar-refractivity contribution < 1.29 is 4.79 Å². The van der Waals surface area contributed by atoms with E-state index in [9.17, 15) is 4.79 Å². The summed E-state index contributed by atoms with van der Waals surface area (Å²) in [6, 6.07) is 0. The predicted octanol–water partition coefficient (Wildman–Crippen LogP) is 0.629. The zero-order valence-corrected chi connectivity index (χ0v) is 16.3. The van der Waals surface area contributed by atoms with E-state index in [-0.39, 0.29) is 5.91 Å². The molecule has 0 saturated carbocycles. The fraction of sp³-hybridized carbons (Fsp3) is 0.556. The van der Waals surface area contributed by atoms with Crippen molar-refractivity contribution in [3.63, 3.8) is 0 Å². The topological polar surface area (TPSA) is 83.6 Å². The molecule has 1 aliphatic rings. The molecule has 1 N–H and O–H groups in total. The number of nitrogens with zero attached hydrogens (tertiary/aromatic N) is 7. The maximum atomic E-state index is 12.6. The molecule has 2 aromatic rings. The number of aryl methyl sites for hydroxylation is 3. The molecule has 0 atom stereocenters. The number of rotatable bonds is 6. The number of nitrogens with one attached hydrogen (secondary N) is 1. The first-order chi connectivity index (χ1) is 13.1. The van der Waals surface area contributed by atoms with Crippen LogP contribution in [0.2, 0.25) is 0 Å². The van der Waals surface area contributed by atoms with Gasteiger partial charge in [0.1, 0.15) is 6.54 Å². The predicted molar refractivity (Wildman–Crippen MR) is 105 cm³/mol. The highest BCUT2D eigenvalue weighted by Gasteiger charge is 2.27. The molecule has 3 rings (SSSR count). The van der Waals surface area contributed by atoms with E-state index in [0.717, 1.165) is 43.3 Å². The third-order valence-electron chi connectivity index (χ3n) is 4.43. The van der Waals surface area contributed by atoms with Gasteiger partial charge in [-0.05, 0) is 25.8 Å². The lowest BCUT2D eigenvalue weighted by Gasteiger charge is -2.35. The van der Waals surface area contributed by atoms with Gasteiger partial charge in [0.25, 0.3) is 0 Å². The van der Waals surface area contributed by atoms with E-state index in [4.69, 9.17) is 4.99 Å². The van der Waals surface area contributed by atoms with Crippen molar-refractivity contribution in [1.82, 2.24) is 29.8 Å². The van der Waals surface area contributed by atoms with Crippen molar-refractivity contribution in [3.8, 4) is 0 Å². The molecule has 2 aromatic heterocycles. The van der Waals surface area contributed by atoms with Crippen molar-refractivity contribution in [2.24, 2.45) is 12.0 Å². The number of carbonyl (C=O) groups is 1. The lowest BCUT2D eigenvalue weighted by molar-refractivity contribution is -0.120. The Kier molecular flexibility index (Phi) is 6.10. The summed E-state index contributed by atoms with van der Waals surface area (Å²) < 4.78 is 3.65. The second-order valence-electron chi connectivity index (χ2n) is 6.71. The van der Waals surface area contributed by atoms with Crippen molar-refractivity contribution in [2.45, 2.75) is 26.8 Å². The number of anilines is 1. The summed E-state index contributed by atoms with van der Waals surface area (Å²) in [6.45, 7) is 8.06. The number of amides is 1. The number of guanidine groups is 1. The number of aromatic nitrogens is 4. The Morgan fingerprint density at radius 3 is 2.74 bits per heavy atom. The molecule has 1 aliphatic heterocycles. The molecule has 1 fully saturated rings. The first kappa shape index (κ1) is 18.9. The van der Waals surface area contributed by atoms with Gasteiger partial charge in [-0.15, -0.1) is 0 Å². The van der Waals surface area contributed by atoms with E-state index >= 15 is 0 Å². The van der Waals surface area contributed by atoms with Crippen LogP contribution in [0.4, 0.5) is 5.69 Å². The van der Waals surface area contributed by atoms with Crippen LogP contribution in [-0.2, 0) is 18.4 Å². The highest BCUT2D eigenvalue weighted by Crippen LogP contribution is 2.16. The molecule has 3 heterocycles. The fourth-order valence-corrected chi connectivity index (χ4v) is 3.11. The number of aliphatic imine (C=N–C) groups is 1. The highest BCUT2D eigenvalue weighted by molar-refractivity contribution is 5.98. The number of hydrogen-bond acceptors (Lipinski definition) is 4. The minimum Gasteiger partial charge on any atom is -0.357 e. The van der Waals surface area contributed by atoms with E-state index in [0.29, 0.717) is 19.6 Å². The standard InChI is InChI=1S/C18H28N8O/c1-4-19-18(20-6-5-7-25-12-15(2)10-22-25)24-8-9-26(17(27)14-24)16-11-21-23(3)13-16/h10-13H,4-9,14H2,1-3H3,(H,19,20). The Balaban J connectivity index is 1.55. The number of carbonyl (C=O) groups excluding carboxylic acids is 1. The first-order valence-electron chi connectivity index (χ1n) is 9.38. The summed E-state index contributed by atoms with van der Waals surface area (Å²) in [5.41, 5.74) is 2.01. The van der Waals surface area contributed by atoms with Crippen molar-refractivity contribution in [3.05, 3.63) is 30.4 Å². The van der Waals surface area contributed by atoms with Gasteiger partial charge in [0.15, 0.2) is 5.96 Å². The average molecular weight is 372 g/mol. The molecule has 9 nitrogen and oxygen atoms in total. The Bertz CT molecular complexity index is 793. The second kappa shape index (κ2) is 8.70. The zero-order valence-electron chi connectivity index (χ0n) is 16.3. The van der Waals surface area contributed by atoms with Crippen molar-refractivity contribution in [1.29, 1.82) is 0 Å². The quantitative estimate of drug-likeness (QED) is 0.457. The summed E-state index contributed by atoms with van der Waals surface area (Å²) in [5.74, 6) is 0.861. The smallest absolute Gasteiger partial charge is 0.246 e. The van der Waals surface area contributed by atoms with Gasteiger partial charge >= 0.3 is 0 Å². The molecule has 146 valence electrons. The van der Waals surface area contributed by atoms with Gasteiger partial charge in [-0.25, -0.2) is 0 Å². The lowest BCUT2D eigenvalue weighted by Crippen LogP contribution is -2.55. The normalized spacial score (nSPS) is 15.5. The van der Waals surface area contributed by atoms with Crippen LogP contribution in [0, 0.1) is 6.92 Å². The Morgan fingerprint density at radius 2 is 2.11 bits per heavy atom. The SMILES string of the molecule is CCNC(=NCCCn1cc(C)cn1)N1CCN(c2cnn(C)c2)C(=O)C1. The third-order valence-corrected chi connectivity index (χ3v) is 4.43. The Morgan fingerprint density at radius 1 is 1.26 bits per heavy atom. The lowest BCUT2D eigenvalue weighted by atomic mass is 10.3. The van der Waals surface area contributed by atoms with Crippen LogP contribution in [-0.4, -0.2) is 69.1 Å². The minimum absolute atomic E-state index is 0.0619. The van der Waals surface area contributed by atoms with Crippen molar-refractivity contribution in [2.75, 3.05) is 37.6 Å². The molecule has 0 spiro atoms. The van der Waals surface area contributed by atoms with Gasteiger partial charge in [-0.1, -0.05) is 0 Å². The average Bonchev–Trinajstić information content (AvgIpc) is 3.26. The van der Waals surface area contributed by atoms with Gasteiger partial charge in [-0.2, -0.15) is 10.2 Å². The van der Waals surface area contributed by atoms with Crippen LogP contribution in [0.5, 0.6) is 0 Å². The molecule has 1 saturated heterocycles. The monoisotopic (exact) mass is 372 g/mol. The molecular weight excluding hydrogens is 344 g/mol. The maximum Gasteiger partial charge on any atom is 0.246 e. The van der Waals surface area contributed by atoms with Gasteiger partial charge in [-0.3, -0.25) is 19.2 Å². The molecule has 0 radical (unpaired) electrons. The maximum absolute atomic E-state index is 12.6. The Hall–Kier alpha value is -2.84. The Labute approximate surface area is 159 Å². The molecule has 0 bridgehead atoms. The number of hydrogen-bond donors (Lipinski definition) is 1. The van der Waals surface area contributed by atoms with Gasteiger partial charge < -0.3 is 15.1 Å². The molecule has 0 aromatic carbocycles. The molecule has 9 heteroatoms. The van der Waals surface area contributed by atoms with E-state index in [2.05, 4.69) is 15.5 Å². The van der Waals surface area contributed by atoms with Crippen LogP contribution in [0.25, 0.3) is 0 Å². The van der Waals surface area contributed by atoms with E-state index in [1.807, 2.05) is 49.1 Å². The van der Waals surface area contributed by atoms with Crippen LogP contribution < -0.4 is 10.2 Å². The second-order valence-corrected chi connectivity index (χ2v) is 6.71. The molecule has 0 aliphatic carbocycles. The van der Waals surface area contributed by atoms with Gasteiger partial charge in [0.05, 0.1) is 18.1 Å². The van der Waals surface area contributed by atoms with Crippen molar-refractivity contribution >= 4 is 17.6 Å². The van der Waals surface area contributed by atoms with Crippen LogP contribution in [0.3, 0.4) is 0 Å². The summed E-state index contributed by atoms with van der Waals surface area (Å²) in [6.07, 6.45) is 8.39. The summed E-state index contributed by atoms with van der Waals surface area (Å²) in [5, 5.41) is 11.7. The summed E-state index contributed by atoms with van der Waals surface area (Å²) in [7, 11) is 1.85. The van der Waals surface area contributed by atoms with Gasteiger partial charge in [0.2, 0.25) is 5.91 Å². The molecule has 27 heavy (non-hydrogen) atoms. The molecular formula is C18H28N8O. The number of piperazine rings is 1. The van der Waals surface area contributed by atoms with E-state index in [1.165, 1.54) is 0 Å².